The second kappa shape index (κ2) is 3.97. The summed E-state index contributed by atoms with van der Waals surface area (Å²) in [6.07, 6.45) is -0.483. The molecule has 0 aromatic carbocycles. The molecule has 0 aliphatic carbocycles. The van der Waals surface area contributed by atoms with Crippen molar-refractivity contribution in [2.24, 2.45) is 5.73 Å². The molecule has 0 saturated heterocycles. The summed E-state index contributed by atoms with van der Waals surface area (Å²) in [4.78, 5) is 9.64. The van der Waals surface area contributed by atoms with E-state index in [1.54, 1.807) is 0 Å². The van der Waals surface area contributed by atoms with Crippen molar-refractivity contribution in [1.82, 2.24) is 10.2 Å². The summed E-state index contributed by atoms with van der Waals surface area (Å²) in [6, 6.07) is 1.28. The Kier molecular flexibility index (Phi) is 2.93. The zero-order valence-electron chi connectivity index (χ0n) is 6.80. The molecule has 4 N–H and O–H groups in total. The van der Waals surface area contributed by atoms with E-state index in [0.717, 1.165) is 0 Å². The van der Waals surface area contributed by atoms with Crippen LogP contribution in [0.15, 0.2) is 6.07 Å². The molecule has 0 radical (unpaired) electrons. The summed E-state index contributed by atoms with van der Waals surface area (Å²) in [5.74, 6) is -0.181. The first kappa shape index (κ1) is 9.62. The molecule has 1 heterocycles. The quantitative estimate of drug-likeness (QED) is 0.419. The first-order chi connectivity index (χ1) is 6.13. The average Bonchev–Trinajstić information content (AvgIpc) is 2.52. The number of H-pyrrole nitrogens is 1. The Morgan fingerprint density at radius 1 is 1.85 bits per heavy atom. The van der Waals surface area contributed by atoms with Crippen LogP contribution in [0.1, 0.15) is 5.69 Å². The van der Waals surface area contributed by atoms with Gasteiger partial charge in [0.2, 0.25) is 0 Å². The summed E-state index contributed by atoms with van der Waals surface area (Å²) in [6.45, 7) is 0.112. The maximum atomic E-state index is 10.2. The average molecular weight is 186 g/mol. The third-order valence-corrected chi connectivity index (χ3v) is 1.53. The fourth-order valence-electron chi connectivity index (χ4n) is 0.874. The van der Waals surface area contributed by atoms with Gasteiger partial charge in [-0.25, -0.2) is 0 Å². The lowest BCUT2D eigenvalue weighted by molar-refractivity contribution is -0.389. The molecule has 1 rings (SSSR count). The lowest BCUT2D eigenvalue weighted by atomic mass is 10.2. The zero-order chi connectivity index (χ0) is 9.84. The van der Waals surface area contributed by atoms with Crippen molar-refractivity contribution in [2.75, 3.05) is 6.54 Å². The predicted molar refractivity (Wildman–Crippen MR) is 44.0 cm³/mol. The van der Waals surface area contributed by atoms with E-state index in [4.69, 9.17) is 10.8 Å². The topological polar surface area (TPSA) is 118 Å². The molecule has 0 amide bonds. The normalized spacial score (nSPS) is 12.8. The lowest BCUT2D eigenvalue weighted by Crippen LogP contribution is -2.22. The van der Waals surface area contributed by atoms with Crippen LogP contribution in [0.3, 0.4) is 0 Å². The van der Waals surface area contributed by atoms with Gasteiger partial charge in [0.05, 0.1) is 17.9 Å². The summed E-state index contributed by atoms with van der Waals surface area (Å²) in [5.41, 5.74) is 5.60. The Morgan fingerprint density at radius 2 is 2.54 bits per heavy atom. The molecule has 0 aliphatic heterocycles. The monoisotopic (exact) mass is 186 g/mol. The van der Waals surface area contributed by atoms with Crippen molar-refractivity contribution >= 4 is 5.82 Å². The maximum absolute atomic E-state index is 10.2. The molecule has 1 aromatic heterocycles. The molecule has 7 heteroatoms. The van der Waals surface area contributed by atoms with Crippen molar-refractivity contribution in [2.45, 2.75) is 12.5 Å². The molecule has 0 saturated carbocycles. The molecule has 1 atom stereocenters. The number of aromatic amines is 1. The lowest BCUT2D eigenvalue weighted by Gasteiger charge is -2.01. The van der Waals surface area contributed by atoms with Crippen LogP contribution >= 0.6 is 0 Å². The summed E-state index contributed by atoms with van der Waals surface area (Å²) in [7, 11) is 0. The number of aromatic nitrogens is 2. The number of hydrogen-bond acceptors (Lipinski definition) is 5. The highest BCUT2D eigenvalue weighted by atomic mass is 16.6. The van der Waals surface area contributed by atoms with E-state index in [-0.39, 0.29) is 18.8 Å². The molecule has 0 spiro atoms. The number of nitrogens with zero attached hydrogens (tertiary/aromatic N) is 2. The van der Waals surface area contributed by atoms with E-state index < -0.39 is 11.0 Å². The first-order valence-corrected chi connectivity index (χ1v) is 3.70. The summed E-state index contributed by atoms with van der Waals surface area (Å²) < 4.78 is 0. The van der Waals surface area contributed by atoms with Gasteiger partial charge in [0, 0.05) is 13.0 Å². The molecule has 72 valence electrons. The first-order valence-electron chi connectivity index (χ1n) is 3.70. The van der Waals surface area contributed by atoms with Crippen molar-refractivity contribution < 1.29 is 10.0 Å². The number of nitrogens with two attached hydrogens (primary N) is 1. The number of aliphatic hydroxyl groups is 1. The van der Waals surface area contributed by atoms with E-state index in [0.29, 0.717) is 5.69 Å². The van der Waals surface area contributed by atoms with Gasteiger partial charge in [0.1, 0.15) is 0 Å². The number of nitro groups is 1. The fraction of sp³-hybridized carbons (Fsp3) is 0.500. The predicted octanol–water partition coefficient (Wildman–Crippen LogP) is -0.820. The van der Waals surface area contributed by atoms with Gasteiger partial charge >= 0.3 is 5.82 Å². The highest BCUT2D eigenvalue weighted by molar-refractivity contribution is 5.20. The summed E-state index contributed by atoms with van der Waals surface area (Å²) >= 11 is 0. The van der Waals surface area contributed by atoms with Gasteiger partial charge in [-0.1, -0.05) is 5.10 Å². The highest BCUT2D eigenvalue weighted by Crippen LogP contribution is 2.09. The van der Waals surface area contributed by atoms with Crippen LogP contribution in [0.2, 0.25) is 0 Å². The van der Waals surface area contributed by atoms with Gasteiger partial charge in [-0.15, -0.1) is 5.10 Å². The SMILES string of the molecule is NCC(O)Cc1cc([N+](=O)[O-])[nH]n1. The van der Waals surface area contributed by atoms with Gasteiger partial charge in [-0.2, -0.15) is 0 Å². The Labute approximate surface area is 73.7 Å². The van der Waals surface area contributed by atoms with Crippen molar-refractivity contribution in [3.8, 4) is 0 Å². The molecule has 1 unspecified atom stereocenters. The van der Waals surface area contributed by atoms with Crippen molar-refractivity contribution in [1.29, 1.82) is 0 Å². The van der Waals surface area contributed by atoms with Gasteiger partial charge < -0.3 is 21.0 Å². The third-order valence-electron chi connectivity index (χ3n) is 1.53. The molecule has 1 aromatic rings. The Hall–Kier alpha value is -1.47. The van der Waals surface area contributed by atoms with E-state index in [1.807, 2.05) is 0 Å². The smallest absolute Gasteiger partial charge is 0.342 e. The molecule has 0 aliphatic rings. The fourth-order valence-corrected chi connectivity index (χ4v) is 0.874. The largest absolute Gasteiger partial charge is 0.391 e. The van der Waals surface area contributed by atoms with E-state index in [2.05, 4.69) is 10.2 Å². The molecule has 0 bridgehead atoms. The van der Waals surface area contributed by atoms with Crippen LogP contribution < -0.4 is 5.73 Å². The maximum Gasteiger partial charge on any atom is 0.342 e. The number of aliphatic hydroxyl groups excluding tert-OH is 1. The number of rotatable bonds is 4. The highest BCUT2D eigenvalue weighted by Gasteiger charge is 2.12. The van der Waals surface area contributed by atoms with Crippen molar-refractivity contribution in [3.63, 3.8) is 0 Å². The van der Waals surface area contributed by atoms with Gasteiger partial charge in [0.15, 0.2) is 0 Å². The molecular weight excluding hydrogens is 176 g/mol. The van der Waals surface area contributed by atoms with Crippen LogP contribution in [0.4, 0.5) is 5.82 Å². The second-order valence-electron chi connectivity index (χ2n) is 2.60. The van der Waals surface area contributed by atoms with Crippen molar-refractivity contribution in [3.05, 3.63) is 21.9 Å². The minimum absolute atomic E-state index is 0.112. The van der Waals surface area contributed by atoms with E-state index in [1.165, 1.54) is 6.07 Å². The van der Waals surface area contributed by atoms with E-state index >= 15 is 0 Å². The zero-order valence-corrected chi connectivity index (χ0v) is 6.80. The summed E-state index contributed by atoms with van der Waals surface area (Å²) in [5, 5.41) is 25.2. The van der Waals surface area contributed by atoms with Crippen LogP contribution in [-0.4, -0.2) is 32.9 Å². The van der Waals surface area contributed by atoms with E-state index in [9.17, 15) is 10.1 Å². The second-order valence-corrected chi connectivity index (χ2v) is 2.60. The van der Waals surface area contributed by atoms with Crippen LogP contribution in [0.25, 0.3) is 0 Å². The molecule has 0 fully saturated rings. The van der Waals surface area contributed by atoms with Gasteiger partial charge in [0.25, 0.3) is 0 Å². The Morgan fingerprint density at radius 3 is 3.00 bits per heavy atom. The number of hydrogen-bond donors (Lipinski definition) is 3. The van der Waals surface area contributed by atoms with Crippen LogP contribution in [0.5, 0.6) is 0 Å². The van der Waals surface area contributed by atoms with Gasteiger partial charge in [-0.3, -0.25) is 0 Å². The Balaban J connectivity index is 2.64. The van der Waals surface area contributed by atoms with Crippen LogP contribution in [0, 0.1) is 10.1 Å². The van der Waals surface area contributed by atoms with Gasteiger partial charge in [-0.05, 0) is 4.92 Å². The molecular formula is C6H10N4O3. The van der Waals surface area contributed by atoms with Crippen LogP contribution in [-0.2, 0) is 6.42 Å². The molecule has 7 nitrogen and oxygen atoms in total. The number of nitrogens with one attached hydrogen (secondary N) is 1. The third kappa shape index (κ3) is 2.49. The standard InChI is InChI=1S/C6H10N4O3/c7-3-5(11)1-4-2-6(9-8-4)10(12)13/h2,5,11H,1,3,7H2,(H,8,9). The minimum Gasteiger partial charge on any atom is -0.391 e. The minimum atomic E-state index is -0.706. The molecule has 13 heavy (non-hydrogen) atoms. The Bertz CT molecular complexity index is 298.